The number of hydrogen-bond acceptors (Lipinski definition) is 3. The van der Waals surface area contributed by atoms with Crippen LogP contribution in [0.5, 0.6) is 0 Å². The molecule has 1 aliphatic heterocycles. The highest BCUT2D eigenvalue weighted by molar-refractivity contribution is 5.81. The van der Waals surface area contributed by atoms with Crippen LogP contribution in [0.25, 0.3) is 0 Å². The fourth-order valence-corrected chi connectivity index (χ4v) is 2.90. The number of amides is 1. The van der Waals surface area contributed by atoms with E-state index in [1.54, 1.807) is 0 Å². The Kier molecular flexibility index (Phi) is 3.09. The van der Waals surface area contributed by atoms with Crippen LogP contribution in [0.3, 0.4) is 0 Å². The van der Waals surface area contributed by atoms with Crippen LogP contribution >= 0.6 is 0 Å². The summed E-state index contributed by atoms with van der Waals surface area (Å²) >= 11 is 0. The van der Waals surface area contributed by atoms with Crippen LogP contribution in [0.2, 0.25) is 0 Å². The van der Waals surface area contributed by atoms with Crippen molar-refractivity contribution in [2.24, 2.45) is 11.8 Å². The predicted molar refractivity (Wildman–Crippen MR) is 62.6 cm³/mol. The second-order valence-electron chi connectivity index (χ2n) is 5.55. The molecular weight excluding hydrogens is 218 g/mol. The van der Waals surface area contributed by atoms with Gasteiger partial charge >= 0.3 is 0 Å². The smallest absolute Gasteiger partial charge is 0.254 e. The maximum atomic E-state index is 12.3. The third kappa shape index (κ3) is 2.47. The fourth-order valence-electron chi connectivity index (χ4n) is 2.90. The standard InChI is InChI=1S/C13H21NO3/c1-14(12(9-2-3-9)10-4-5-10)13(15)11-8-16-6-7-17-11/h9-12H,2-8H2,1H3. The number of carbonyl (C=O) groups excluding carboxylic acids is 1. The van der Waals surface area contributed by atoms with E-state index in [0.717, 1.165) is 11.8 Å². The van der Waals surface area contributed by atoms with Gasteiger partial charge in [-0.05, 0) is 37.5 Å². The Morgan fingerprint density at radius 2 is 1.82 bits per heavy atom. The zero-order valence-corrected chi connectivity index (χ0v) is 10.4. The van der Waals surface area contributed by atoms with Crippen LogP contribution in [0, 0.1) is 11.8 Å². The number of likely N-dealkylation sites (N-methyl/N-ethyl adjacent to an activating group) is 1. The Morgan fingerprint density at radius 1 is 1.18 bits per heavy atom. The number of nitrogens with zero attached hydrogens (tertiary/aromatic N) is 1. The highest BCUT2D eigenvalue weighted by Gasteiger charge is 2.46. The molecule has 0 aromatic rings. The monoisotopic (exact) mass is 239 g/mol. The van der Waals surface area contributed by atoms with Gasteiger partial charge in [-0.1, -0.05) is 0 Å². The van der Waals surface area contributed by atoms with Gasteiger partial charge in [-0.3, -0.25) is 4.79 Å². The second-order valence-corrected chi connectivity index (χ2v) is 5.55. The van der Waals surface area contributed by atoms with E-state index in [-0.39, 0.29) is 12.0 Å². The van der Waals surface area contributed by atoms with Gasteiger partial charge in [0.05, 0.1) is 19.8 Å². The molecule has 1 saturated heterocycles. The van der Waals surface area contributed by atoms with Gasteiger partial charge in [0.1, 0.15) is 0 Å². The number of carbonyl (C=O) groups is 1. The molecule has 0 N–H and O–H groups in total. The molecule has 0 bridgehead atoms. The van der Waals surface area contributed by atoms with Gasteiger partial charge in [-0.25, -0.2) is 0 Å². The molecule has 2 saturated carbocycles. The minimum absolute atomic E-state index is 0.119. The first-order valence-corrected chi connectivity index (χ1v) is 6.73. The summed E-state index contributed by atoms with van der Waals surface area (Å²) in [5, 5.41) is 0. The first-order valence-electron chi connectivity index (χ1n) is 6.73. The molecule has 3 rings (SSSR count). The lowest BCUT2D eigenvalue weighted by atomic mass is 10.1. The van der Waals surface area contributed by atoms with Crippen molar-refractivity contribution in [3.05, 3.63) is 0 Å². The third-order valence-corrected chi connectivity index (χ3v) is 4.10. The summed E-state index contributed by atoms with van der Waals surface area (Å²) in [6, 6.07) is 0.466. The van der Waals surface area contributed by atoms with E-state index in [2.05, 4.69) is 0 Å². The van der Waals surface area contributed by atoms with Crippen molar-refractivity contribution >= 4 is 5.91 Å². The normalized spacial score (nSPS) is 29.4. The number of hydrogen-bond donors (Lipinski definition) is 0. The Balaban J connectivity index is 1.62. The summed E-state index contributed by atoms with van der Waals surface area (Å²) in [6.07, 6.45) is 4.80. The maximum absolute atomic E-state index is 12.3. The lowest BCUT2D eigenvalue weighted by molar-refractivity contribution is -0.159. The minimum atomic E-state index is -0.367. The van der Waals surface area contributed by atoms with Crippen LogP contribution < -0.4 is 0 Å². The van der Waals surface area contributed by atoms with Crippen molar-refractivity contribution in [1.29, 1.82) is 0 Å². The van der Waals surface area contributed by atoms with Crippen LogP contribution in [0.15, 0.2) is 0 Å². The molecule has 2 aliphatic carbocycles. The molecule has 4 nitrogen and oxygen atoms in total. The van der Waals surface area contributed by atoms with E-state index in [0.29, 0.717) is 25.9 Å². The molecule has 4 heteroatoms. The largest absolute Gasteiger partial charge is 0.376 e. The zero-order valence-electron chi connectivity index (χ0n) is 10.4. The Morgan fingerprint density at radius 3 is 2.29 bits per heavy atom. The molecular formula is C13H21NO3. The lowest BCUT2D eigenvalue weighted by Crippen LogP contribution is -2.49. The van der Waals surface area contributed by atoms with Gasteiger partial charge in [0, 0.05) is 13.1 Å². The number of ether oxygens (including phenoxy) is 2. The van der Waals surface area contributed by atoms with Crippen LogP contribution in [-0.2, 0) is 14.3 Å². The summed E-state index contributed by atoms with van der Waals surface area (Å²) in [5.41, 5.74) is 0. The van der Waals surface area contributed by atoms with Crippen molar-refractivity contribution < 1.29 is 14.3 Å². The van der Waals surface area contributed by atoms with Crippen LogP contribution in [0.1, 0.15) is 25.7 Å². The zero-order chi connectivity index (χ0) is 11.8. The van der Waals surface area contributed by atoms with Crippen molar-refractivity contribution in [3.63, 3.8) is 0 Å². The average Bonchev–Trinajstić information content (AvgIpc) is 3.23. The molecule has 1 unspecified atom stereocenters. The van der Waals surface area contributed by atoms with E-state index in [4.69, 9.17) is 9.47 Å². The molecule has 17 heavy (non-hydrogen) atoms. The Hall–Kier alpha value is -0.610. The second kappa shape index (κ2) is 4.58. The fraction of sp³-hybridized carbons (Fsp3) is 0.923. The first kappa shape index (κ1) is 11.5. The van der Waals surface area contributed by atoms with Crippen molar-refractivity contribution in [1.82, 2.24) is 4.90 Å². The molecule has 1 heterocycles. The highest BCUT2D eigenvalue weighted by atomic mass is 16.6. The third-order valence-electron chi connectivity index (χ3n) is 4.10. The van der Waals surface area contributed by atoms with Gasteiger partial charge in [0.2, 0.25) is 0 Å². The summed E-state index contributed by atoms with van der Waals surface area (Å²) in [6.45, 7) is 1.58. The van der Waals surface area contributed by atoms with E-state index in [1.165, 1.54) is 25.7 Å². The summed E-state index contributed by atoms with van der Waals surface area (Å²) in [5.74, 6) is 1.62. The predicted octanol–water partition coefficient (Wildman–Crippen LogP) is 1.05. The first-order chi connectivity index (χ1) is 8.27. The maximum Gasteiger partial charge on any atom is 0.254 e. The summed E-state index contributed by atoms with van der Waals surface area (Å²) in [4.78, 5) is 14.3. The van der Waals surface area contributed by atoms with E-state index >= 15 is 0 Å². The molecule has 0 spiro atoms. The molecule has 0 aromatic heterocycles. The molecule has 1 atom stereocenters. The topological polar surface area (TPSA) is 38.8 Å². The average molecular weight is 239 g/mol. The van der Waals surface area contributed by atoms with E-state index in [1.807, 2.05) is 11.9 Å². The quantitative estimate of drug-likeness (QED) is 0.736. The van der Waals surface area contributed by atoms with Gasteiger partial charge in [-0.2, -0.15) is 0 Å². The molecule has 3 fully saturated rings. The van der Waals surface area contributed by atoms with Crippen molar-refractivity contribution in [2.75, 3.05) is 26.9 Å². The van der Waals surface area contributed by atoms with Gasteiger partial charge in [0.15, 0.2) is 6.10 Å². The van der Waals surface area contributed by atoms with Gasteiger partial charge < -0.3 is 14.4 Å². The van der Waals surface area contributed by atoms with Crippen molar-refractivity contribution in [3.8, 4) is 0 Å². The van der Waals surface area contributed by atoms with Gasteiger partial charge in [0.25, 0.3) is 5.91 Å². The highest BCUT2D eigenvalue weighted by Crippen LogP contribution is 2.47. The van der Waals surface area contributed by atoms with Crippen LogP contribution in [0.4, 0.5) is 0 Å². The van der Waals surface area contributed by atoms with Crippen molar-refractivity contribution in [2.45, 2.75) is 37.8 Å². The minimum Gasteiger partial charge on any atom is -0.376 e. The SMILES string of the molecule is CN(C(=O)C1COCCO1)C(C1CC1)C1CC1. The Bertz CT molecular complexity index is 281. The molecule has 96 valence electrons. The molecule has 0 aromatic carbocycles. The van der Waals surface area contributed by atoms with Gasteiger partial charge in [-0.15, -0.1) is 0 Å². The number of rotatable bonds is 4. The van der Waals surface area contributed by atoms with Crippen LogP contribution in [-0.4, -0.2) is 49.8 Å². The molecule has 0 radical (unpaired) electrons. The lowest BCUT2D eigenvalue weighted by Gasteiger charge is -2.32. The van der Waals surface area contributed by atoms with E-state index in [9.17, 15) is 4.79 Å². The molecule has 3 aliphatic rings. The summed E-state index contributed by atoms with van der Waals surface area (Å²) < 4.78 is 10.8. The van der Waals surface area contributed by atoms with E-state index < -0.39 is 0 Å². The summed E-state index contributed by atoms with van der Waals surface area (Å²) in [7, 11) is 1.95. The molecule has 1 amide bonds. The Labute approximate surface area is 102 Å².